The van der Waals surface area contributed by atoms with Crippen LogP contribution in [0.15, 0.2) is 34.2 Å². The van der Waals surface area contributed by atoms with Crippen LogP contribution < -0.4 is 5.56 Å². The molecule has 0 unspecified atom stereocenters. The van der Waals surface area contributed by atoms with Gasteiger partial charge in [-0.15, -0.1) is 0 Å². The van der Waals surface area contributed by atoms with E-state index >= 15 is 0 Å². The summed E-state index contributed by atoms with van der Waals surface area (Å²) in [5.41, 5.74) is 0.898. The van der Waals surface area contributed by atoms with Gasteiger partial charge in [-0.1, -0.05) is 37.7 Å². The van der Waals surface area contributed by atoms with E-state index in [0.29, 0.717) is 12.0 Å². The van der Waals surface area contributed by atoms with Crippen molar-refractivity contribution in [3.05, 3.63) is 34.6 Å². The maximum atomic E-state index is 12.9. The summed E-state index contributed by atoms with van der Waals surface area (Å²) in [7, 11) is 0. The van der Waals surface area contributed by atoms with Gasteiger partial charge in [0.2, 0.25) is 0 Å². The van der Waals surface area contributed by atoms with Crippen LogP contribution >= 0.6 is 11.8 Å². The lowest BCUT2D eigenvalue weighted by Gasteiger charge is -2.33. The average molecular weight is 374 g/mol. The third-order valence-corrected chi connectivity index (χ3v) is 6.02. The predicted octanol–water partition coefficient (Wildman–Crippen LogP) is 3.18. The van der Waals surface area contributed by atoms with Gasteiger partial charge in [0.1, 0.15) is 0 Å². The van der Waals surface area contributed by atoms with Crippen molar-refractivity contribution in [2.45, 2.75) is 44.0 Å². The molecule has 1 saturated heterocycles. The SMILES string of the molecule is CC(C)CN1CCO[C@@H](CSc2nc3ccccc3c(=O)n2C2CC2)C1. The molecule has 0 spiro atoms. The number of nitrogens with zero attached hydrogens (tertiary/aromatic N) is 3. The minimum Gasteiger partial charge on any atom is -0.375 e. The van der Waals surface area contributed by atoms with Gasteiger partial charge in [0.25, 0.3) is 5.56 Å². The van der Waals surface area contributed by atoms with E-state index in [4.69, 9.17) is 9.72 Å². The van der Waals surface area contributed by atoms with Crippen LogP contribution in [0.1, 0.15) is 32.7 Å². The molecule has 140 valence electrons. The molecule has 1 atom stereocenters. The Morgan fingerprint density at radius 2 is 2.12 bits per heavy atom. The molecule has 0 bridgehead atoms. The van der Waals surface area contributed by atoms with Crippen molar-refractivity contribution >= 4 is 22.7 Å². The summed E-state index contributed by atoms with van der Waals surface area (Å²) in [6.07, 6.45) is 2.36. The Balaban J connectivity index is 1.52. The van der Waals surface area contributed by atoms with Gasteiger partial charge in [-0.2, -0.15) is 0 Å². The molecule has 1 aromatic carbocycles. The fourth-order valence-corrected chi connectivity index (χ4v) is 4.68. The lowest BCUT2D eigenvalue weighted by atomic mass is 10.2. The molecule has 2 heterocycles. The van der Waals surface area contributed by atoms with Gasteiger partial charge in [-0.3, -0.25) is 14.3 Å². The first kappa shape index (κ1) is 18.0. The number of benzene rings is 1. The van der Waals surface area contributed by atoms with Crippen LogP contribution in [-0.4, -0.2) is 52.5 Å². The van der Waals surface area contributed by atoms with Crippen LogP contribution in [0.2, 0.25) is 0 Å². The fourth-order valence-electron chi connectivity index (χ4n) is 3.61. The molecule has 0 N–H and O–H groups in total. The molecule has 1 saturated carbocycles. The molecular formula is C20H27N3O2S. The summed E-state index contributed by atoms with van der Waals surface area (Å²) in [5, 5.41) is 1.57. The van der Waals surface area contributed by atoms with Crippen molar-refractivity contribution in [3.63, 3.8) is 0 Å². The van der Waals surface area contributed by atoms with Gasteiger partial charge >= 0.3 is 0 Å². The first-order valence-corrected chi connectivity index (χ1v) is 10.6. The minimum absolute atomic E-state index is 0.103. The Morgan fingerprint density at radius 1 is 1.31 bits per heavy atom. The van der Waals surface area contributed by atoms with Gasteiger partial charge in [-0.25, -0.2) is 4.98 Å². The second kappa shape index (κ2) is 7.71. The highest BCUT2D eigenvalue weighted by molar-refractivity contribution is 7.99. The van der Waals surface area contributed by atoms with Crippen molar-refractivity contribution in [3.8, 4) is 0 Å². The van der Waals surface area contributed by atoms with E-state index in [1.54, 1.807) is 11.8 Å². The zero-order valence-corrected chi connectivity index (χ0v) is 16.4. The van der Waals surface area contributed by atoms with Crippen LogP contribution in [0.25, 0.3) is 10.9 Å². The van der Waals surface area contributed by atoms with Crippen LogP contribution in [0, 0.1) is 5.92 Å². The van der Waals surface area contributed by atoms with Crippen molar-refractivity contribution in [2.24, 2.45) is 5.92 Å². The number of morpholine rings is 1. The highest BCUT2D eigenvalue weighted by atomic mass is 32.2. The lowest BCUT2D eigenvalue weighted by Crippen LogP contribution is -2.44. The van der Waals surface area contributed by atoms with E-state index in [2.05, 4.69) is 18.7 Å². The first-order valence-electron chi connectivity index (χ1n) is 9.60. The first-order chi connectivity index (χ1) is 12.6. The molecule has 0 radical (unpaired) electrons. The highest BCUT2D eigenvalue weighted by Crippen LogP contribution is 2.37. The number of hydrogen-bond acceptors (Lipinski definition) is 5. The van der Waals surface area contributed by atoms with Crippen molar-refractivity contribution in [2.75, 3.05) is 32.0 Å². The number of fused-ring (bicyclic) bond motifs is 1. The van der Waals surface area contributed by atoms with Crippen molar-refractivity contribution in [1.82, 2.24) is 14.5 Å². The number of para-hydroxylation sites is 1. The largest absolute Gasteiger partial charge is 0.375 e. The van der Waals surface area contributed by atoms with Crippen LogP contribution in [-0.2, 0) is 4.74 Å². The maximum Gasteiger partial charge on any atom is 0.262 e. The number of hydrogen-bond donors (Lipinski definition) is 0. The van der Waals surface area contributed by atoms with Crippen molar-refractivity contribution < 1.29 is 4.74 Å². The Bertz CT molecular complexity index is 831. The number of aromatic nitrogens is 2. The standard InChI is InChI=1S/C20H27N3O2S/c1-14(2)11-22-9-10-25-16(12-22)13-26-20-21-18-6-4-3-5-17(18)19(24)23(20)15-7-8-15/h3-6,14-16H,7-13H2,1-2H3/t16-/m1/s1. The Kier molecular flexibility index (Phi) is 5.34. The summed E-state index contributed by atoms with van der Waals surface area (Å²) in [6, 6.07) is 7.99. The number of ether oxygens (including phenoxy) is 1. The molecule has 5 nitrogen and oxygen atoms in total. The number of thioether (sulfide) groups is 1. The van der Waals surface area contributed by atoms with Gasteiger partial charge in [-0.05, 0) is 30.9 Å². The quantitative estimate of drug-likeness (QED) is 0.575. The molecule has 0 amide bonds. The van der Waals surface area contributed by atoms with E-state index in [1.807, 2.05) is 28.8 Å². The fraction of sp³-hybridized carbons (Fsp3) is 0.600. The maximum absolute atomic E-state index is 12.9. The molecule has 4 rings (SSSR count). The Morgan fingerprint density at radius 3 is 2.88 bits per heavy atom. The summed E-state index contributed by atoms with van der Waals surface area (Å²) in [6.45, 7) is 8.40. The number of rotatable bonds is 6. The van der Waals surface area contributed by atoms with Gasteiger partial charge < -0.3 is 4.74 Å². The second-order valence-corrected chi connectivity index (χ2v) is 8.76. The molecule has 2 aromatic rings. The molecular weight excluding hydrogens is 346 g/mol. The summed E-state index contributed by atoms with van der Waals surface area (Å²) in [5.74, 6) is 1.51. The molecule has 1 aromatic heterocycles. The van der Waals surface area contributed by atoms with Crippen LogP contribution in [0.4, 0.5) is 0 Å². The topological polar surface area (TPSA) is 47.4 Å². The molecule has 6 heteroatoms. The molecule has 2 fully saturated rings. The predicted molar refractivity (Wildman–Crippen MR) is 106 cm³/mol. The van der Waals surface area contributed by atoms with Gasteiger partial charge in [0.15, 0.2) is 5.16 Å². The second-order valence-electron chi connectivity index (χ2n) is 7.78. The zero-order valence-electron chi connectivity index (χ0n) is 15.6. The van der Waals surface area contributed by atoms with E-state index < -0.39 is 0 Å². The monoisotopic (exact) mass is 373 g/mol. The normalized spacial score (nSPS) is 21.6. The lowest BCUT2D eigenvalue weighted by molar-refractivity contribution is -0.0191. The zero-order chi connectivity index (χ0) is 18.1. The van der Waals surface area contributed by atoms with E-state index in [9.17, 15) is 4.79 Å². The Hall–Kier alpha value is -1.37. The van der Waals surface area contributed by atoms with Crippen LogP contribution in [0.5, 0.6) is 0 Å². The Labute approximate surface area is 158 Å². The van der Waals surface area contributed by atoms with Crippen LogP contribution in [0.3, 0.4) is 0 Å². The molecule has 1 aliphatic carbocycles. The van der Waals surface area contributed by atoms with E-state index in [0.717, 1.165) is 60.9 Å². The summed E-state index contributed by atoms with van der Waals surface area (Å²) < 4.78 is 7.89. The summed E-state index contributed by atoms with van der Waals surface area (Å²) in [4.78, 5) is 20.2. The van der Waals surface area contributed by atoms with E-state index in [1.165, 1.54) is 0 Å². The average Bonchev–Trinajstić information content (AvgIpc) is 3.45. The van der Waals surface area contributed by atoms with Crippen molar-refractivity contribution in [1.29, 1.82) is 0 Å². The minimum atomic E-state index is 0.103. The van der Waals surface area contributed by atoms with Gasteiger partial charge in [0, 0.05) is 31.4 Å². The molecule has 1 aliphatic heterocycles. The van der Waals surface area contributed by atoms with E-state index in [-0.39, 0.29) is 11.7 Å². The smallest absolute Gasteiger partial charge is 0.262 e. The highest BCUT2D eigenvalue weighted by Gasteiger charge is 2.29. The molecule has 26 heavy (non-hydrogen) atoms. The van der Waals surface area contributed by atoms with Gasteiger partial charge in [0.05, 0.1) is 23.6 Å². The molecule has 2 aliphatic rings. The third-order valence-electron chi connectivity index (χ3n) is 4.93. The summed E-state index contributed by atoms with van der Waals surface area (Å²) >= 11 is 1.67. The third kappa shape index (κ3) is 3.97.